The van der Waals surface area contributed by atoms with E-state index in [4.69, 9.17) is 20.5 Å². The number of imidazole rings is 1. The highest BCUT2D eigenvalue weighted by Gasteiger charge is 2.24. The van der Waals surface area contributed by atoms with Crippen LogP contribution in [0.25, 0.3) is 33.2 Å². The summed E-state index contributed by atoms with van der Waals surface area (Å²) >= 11 is 0. The van der Waals surface area contributed by atoms with E-state index in [9.17, 15) is 5.11 Å². The Labute approximate surface area is 174 Å². The van der Waals surface area contributed by atoms with Crippen molar-refractivity contribution in [1.29, 1.82) is 0 Å². The molecule has 0 fully saturated rings. The Kier molecular flexibility index (Phi) is 5.10. The highest BCUT2D eigenvalue weighted by atomic mass is 16.7. The van der Waals surface area contributed by atoms with Crippen LogP contribution in [0.5, 0.6) is 0 Å². The van der Waals surface area contributed by atoms with Crippen molar-refractivity contribution in [2.45, 2.75) is 32.5 Å². The molecular weight excluding hydrogens is 382 g/mol. The highest BCUT2D eigenvalue weighted by Crippen LogP contribution is 2.31. The zero-order chi connectivity index (χ0) is 21.5. The minimum Gasteiger partial charge on any atom is -0.389 e. The summed E-state index contributed by atoms with van der Waals surface area (Å²) in [5, 5.41) is 12.2. The van der Waals surface area contributed by atoms with Gasteiger partial charge in [0.15, 0.2) is 5.82 Å². The molecule has 4 rings (SSSR count). The number of pyridine rings is 3. The second-order valence-corrected chi connectivity index (χ2v) is 7.92. The van der Waals surface area contributed by atoms with E-state index >= 15 is 0 Å². The van der Waals surface area contributed by atoms with Gasteiger partial charge in [-0.15, -0.1) is 0 Å². The molecule has 4 aromatic heterocycles. The topological polar surface area (TPSA) is 115 Å². The van der Waals surface area contributed by atoms with Crippen molar-refractivity contribution in [3.63, 3.8) is 0 Å². The fourth-order valence-corrected chi connectivity index (χ4v) is 3.45. The summed E-state index contributed by atoms with van der Waals surface area (Å²) in [6.45, 7) is 4.24. The first-order valence-electron chi connectivity index (χ1n) is 9.59. The third-order valence-electron chi connectivity index (χ3n) is 4.84. The fraction of sp³-hybridized carbons (Fsp3) is 0.333. The number of hydroxylamine groups is 2. The molecule has 0 atom stereocenters. The molecule has 3 N–H and O–H groups in total. The van der Waals surface area contributed by atoms with Crippen LogP contribution in [0.2, 0.25) is 0 Å². The highest BCUT2D eigenvalue weighted by molar-refractivity contribution is 6.05. The van der Waals surface area contributed by atoms with Gasteiger partial charge in [0.2, 0.25) is 0 Å². The number of nitrogens with two attached hydrogens (primary N) is 1. The van der Waals surface area contributed by atoms with E-state index in [0.29, 0.717) is 41.3 Å². The molecule has 0 unspecified atom stereocenters. The average Bonchev–Trinajstić information content (AvgIpc) is 3.05. The zero-order valence-corrected chi connectivity index (χ0v) is 17.5. The van der Waals surface area contributed by atoms with Gasteiger partial charge in [-0.3, -0.25) is 9.97 Å². The molecule has 0 aliphatic rings. The quantitative estimate of drug-likeness (QED) is 0.468. The predicted octanol–water partition coefficient (Wildman–Crippen LogP) is 2.39. The van der Waals surface area contributed by atoms with Crippen molar-refractivity contribution in [1.82, 2.24) is 29.6 Å². The van der Waals surface area contributed by atoms with Crippen LogP contribution < -0.4 is 5.73 Å². The number of anilines is 1. The fourth-order valence-electron chi connectivity index (χ4n) is 3.45. The van der Waals surface area contributed by atoms with E-state index in [1.165, 1.54) is 0 Å². The molecule has 156 valence electrons. The van der Waals surface area contributed by atoms with Crippen molar-refractivity contribution in [3.8, 4) is 11.1 Å². The molecule has 0 aliphatic heterocycles. The number of aromatic nitrogens is 5. The van der Waals surface area contributed by atoms with E-state index in [0.717, 1.165) is 16.6 Å². The van der Waals surface area contributed by atoms with Crippen LogP contribution >= 0.6 is 0 Å². The first kappa shape index (κ1) is 20.1. The third-order valence-corrected chi connectivity index (χ3v) is 4.84. The first-order chi connectivity index (χ1) is 14.3. The molecule has 4 heterocycles. The van der Waals surface area contributed by atoms with E-state index < -0.39 is 5.60 Å². The molecule has 0 bridgehead atoms. The van der Waals surface area contributed by atoms with Crippen molar-refractivity contribution in [2.24, 2.45) is 0 Å². The SMILES string of the molecule is CON(C)Cc1nc2c(N)nc3cc(-c4cccnc4)cnc3c2n1CC(C)(C)O. The molecule has 9 nitrogen and oxygen atoms in total. The van der Waals surface area contributed by atoms with Crippen molar-refractivity contribution < 1.29 is 9.94 Å². The Morgan fingerprint density at radius 1 is 1.20 bits per heavy atom. The average molecular weight is 407 g/mol. The molecule has 0 spiro atoms. The van der Waals surface area contributed by atoms with Gasteiger partial charge in [-0.2, -0.15) is 5.06 Å². The van der Waals surface area contributed by atoms with Gasteiger partial charge in [-0.05, 0) is 26.0 Å². The third kappa shape index (κ3) is 3.82. The maximum Gasteiger partial charge on any atom is 0.152 e. The Morgan fingerprint density at radius 3 is 2.67 bits per heavy atom. The maximum atomic E-state index is 10.5. The molecular formula is C21H25N7O2. The molecule has 0 aromatic carbocycles. The maximum absolute atomic E-state index is 10.5. The molecule has 0 aliphatic carbocycles. The smallest absolute Gasteiger partial charge is 0.152 e. The Balaban J connectivity index is 1.97. The zero-order valence-electron chi connectivity index (χ0n) is 17.5. The first-order valence-corrected chi connectivity index (χ1v) is 9.59. The Bertz CT molecular complexity index is 1200. The second-order valence-electron chi connectivity index (χ2n) is 7.92. The summed E-state index contributed by atoms with van der Waals surface area (Å²) in [6, 6.07) is 5.79. The number of rotatable bonds is 6. The van der Waals surface area contributed by atoms with E-state index in [1.807, 2.05) is 29.8 Å². The van der Waals surface area contributed by atoms with Gasteiger partial charge >= 0.3 is 0 Å². The lowest BCUT2D eigenvalue weighted by atomic mass is 10.1. The van der Waals surface area contributed by atoms with E-state index in [-0.39, 0.29) is 0 Å². The van der Waals surface area contributed by atoms with Crippen molar-refractivity contribution >= 4 is 27.9 Å². The molecule has 0 saturated carbocycles. The normalized spacial score (nSPS) is 12.3. The van der Waals surface area contributed by atoms with Crippen molar-refractivity contribution in [3.05, 3.63) is 42.6 Å². The van der Waals surface area contributed by atoms with Crippen LogP contribution in [0.1, 0.15) is 19.7 Å². The second kappa shape index (κ2) is 7.60. The predicted molar refractivity (Wildman–Crippen MR) is 115 cm³/mol. The van der Waals surface area contributed by atoms with E-state index in [1.54, 1.807) is 44.6 Å². The lowest BCUT2D eigenvalue weighted by Crippen LogP contribution is -2.28. The lowest BCUT2D eigenvalue weighted by molar-refractivity contribution is -0.118. The molecule has 0 radical (unpaired) electrons. The molecule has 4 aromatic rings. The summed E-state index contributed by atoms with van der Waals surface area (Å²) in [6.07, 6.45) is 5.30. The number of hydrogen-bond acceptors (Lipinski definition) is 8. The summed E-state index contributed by atoms with van der Waals surface area (Å²) < 4.78 is 1.95. The lowest BCUT2D eigenvalue weighted by Gasteiger charge is -2.22. The van der Waals surface area contributed by atoms with Crippen LogP contribution in [0.4, 0.5) is 5.82 Å². The van der Waals surface area contributed by atoms with Crippen LogP contribution in [0, 0.1) is 0 Å². The van der Waals surface area contributed by atoms with Gasteiger partial charge in [-0.1, -0.05) is 6.07 Å². The summed E-state index contributed by atoms with van der Waals surface area (Å²) in [4.78, 5) is 23.4. The summed E-state index contributed by atoms with van der Waals surface area (Å²) in [5.74, 6) is 1.02. The number of nitrogens with zero attached hydrogens (tertiary/aromatic N) is 6. The van der Waals surface area contributed by atoms with Gasteiger partial charge in [0, 0.05) is 36.8 Å². The van der Waals surface area contributed by atoms with E-state index in [2.05, 4.69) is 9.97 Å². The minimum atomic E-state index is -0.964. The van der Waals surface area contributed by atoms with Crippen LogP contribution in [0.3, 0.4) is 0 Å². The molecule has 30 heavy (non-hydrogen) atoms. The molecule has 0 amide bonds. The van der Waals surface area contributed by atoms with Crippen LogP contribution in [-0.2, 0) is 17.9 Å². The monoisotopic (exact) mass is 407 g/mol. The van der Waals surface area contributed by atoms with Crippen LogP contribution in [-0.4, -0.2) is 54.4 Å². The number of aliphatic hydroxyl groups is 1. The molecule has 9 heteroatoms. The van der Waals surface area contributed by atoms with Gasteiger partial charge in [0.05, 0.1) is 31.3 Å². The largest absolute Gasteiger partial charge is 0.389 e. The van der Waals surface area contributed by atoms with Crippen molar-refractivity contribution in [2.75, 3.05) is 19.9 Å². The van der Waals surface area contributed by atoms with Gasteiger partial charge in [-0.25, -0.2) is 9.97 Å². The molecule has 0 saturated heterocycles. The number of fused-ring (bicyclic) bond motifs is 3. The van der Waals surface area contributed by atoms with Gasteiger partial charge in [0.1, 0.15) is 22.4 Å². The summed E-state index contributed by atoms with van der Waals surface area (Å²) in [7, 11) is 3.40. The number of nitrogen functional groups attached to an aromatic ring is 1. The van der Waals surface area contributed by atoms with Crippen LogP contribution in [0.15, 0.2) is 36.8 Å². The number of hydrogen-bond donors (Lipinski definition) is 2. The standard InChI is InChI=1S/C21H25N7O2/c1-21(2,29)12-28-16(11-27(3)30-4)26-18-19(28)17-15(25-20(18)22)8-14(10-24-17)13-6-5-7-23-9-13/h5-10,29H,11-12H2,1-4H3,(H2,22,25). The van der Waals surface area contributed by atoms with Gasteiger partial charge in [0.25, 0.3) is 0 Å². The Hall–Kier alpha value is -3.14. The minimum absolute atomic E-state index is 0.318. The summed E-state index contributed by atoms with van der Waals surface area (Å²) in [5.41, 5.74) is 9.81. The van der Waals surface area contributed by atoms with Gasteiger partial charge < -0.3 is 20.2 Å². The Morgan fingerprint density at radius 2 is 2.00 bits per heavy atom.